The lowest BCUT2D eigenvalue weighted by molar-refractivity contribution is 0.0696. The molecular formula is C12H21N3O3. The van der Waals surface area contributed by atoms with Crippen molar-refractivity contribution in [1.82, 2.24) is 9.78 Å². The molecule has 102 valence electrons. The normalized spacial score (nSPS) is 11.0. The Morgan fingerprint density at radius 1 is 1.56 bits per heavy atom. The molecule has 6 nitrogen and oxygen atoms in total. The number of rotatable bonds is 6. The number of anilines is 1. The average Bonchev–Trinajstić information content (AvgIpc) is 2.54. The fraction of sp³-hybridized carbons (Fsp3) is 0.667. The van der Waals surface area contributed by atoms with Crippen LogP contribution in [0.1, 0.15) is 29.9 Å². The molecule has 1 heterocycles. The standard InChI is InChI=1S/C12H21N3O3/c1-8(2)15(6-7-18-5)11-10(12(16)17)9(3)13-14(11)4/h8H,6-7H2,1-5H3,(H,16,17). The fourth-order valence-corrected chi connectivity index (χ4v) is 2.02. The molecule has 0 bridgehead atoms. The van der Waals surface area contributed by atoms with Gasteiger partial charge in [-0.05, 0) is 20.8 Å². The molecule has 6 heteroatoms. The van der Waals surface area contributed by atoms with Crippen molar-refractivity contribution < 1.29 is 14.6 Å². The molecule has 0 aromatic carbocycles. The van der Waals surface area contributed by atoms with Crippen molar-refractivity contribution >= 4 is 11.8 Å². The van der Waals surface area contributed by atoms with Gasteiger partial charge in [0.1, 0.15) is 11.4 Å². The maximum absolute atomic E-state index is 11.3. The molecule has 0 saturated carbocycles. The second-order valence-electron chi connectivity index (χ2n) is 4.49. The first-order valence-electron chi connectivity index (χ1n) is 5.92. The molecule has 1 rings (SSSR count). The molecule has 0 radical (unpaired) electrons. The van der Waals surface area contributed by atoms with Crippen molar-refractivity contribution in [1.29, 1.82) is 0 Å². The summed E-state index contributed by atoms with van der Waals surface area (Å²) >= 11 is 0. The van der Waals surface area contributed by atoms with Crippen LogP contribution in [0.2, 0.25) is 0 Å². The van der Waals surface area contributed by atoms with Crippen LogP contribution in [-0.4, -0.2) is 47.2 Å². The minimum atomic E-state index is -0.946. The Labute approximate surface area is 107 Å². The van der Waals surface area contributed by atoms with Crippen LogP contribution in [0.5, 0.6) is 0 Å². The number of nitrogens with zero attached hydrogens (tertiary/aromatic N) is 3. The number of methoxy groups -OCH3 is 1. The number of carboxylic acids is 1. The molecule has 0 aliphatic carbocycles. The Morgan fingerprint density at radius 3 is 2.61 bits per heavy atom. The van der Waals surface area contributed by atoms with E-state index in [1.807, 2.05) is 18.7 Å². The third kappa shape index (κ3) is 2.81. The minimum Gasteiger partial charge on any atom is -0.477 e. The van der Waals surface area contributed by atoms with Crippen LogP contribution in [0.4, 0.5) is 5.82 Å². The number of ether oxygens (including phenoxy) is 1. The molecular weight excluding hydrogens is 234 g/mol. The smallest absolute Gasteiger partial charge is 0.341 e. The van der Waals surface area contributed by atoms with E-state index in [9.17, 15) is 9.90 Å². The monoisotopic (exact) mass is 255 g/mol. The van der Waals surface area contributed by atoms with E-state index in [-0.39, 0.29) is 11.6 Å². The van der Waals surface area contributed by atoms with E-state index in [0.29, 0.717) is 24.7 Å². The van der Waals surface area contributed by atoms with Crippen LogP contribution in [0.3, 0.4) is 0 Å². The van der Waals surface area contributed by atoms with Gasteiger partial charge in [0.15, 0.2) is 0 Å². The van der Waals surface area contributed by atoms with Gasteiger partial charge in [-0.3, -0.25) is 4.68 Å². The molecule has 1 N–H and O–H groups in total. The molecule has 0 amide bonds. The van der Waals surface area contributed by atoms with Gasteiger partial charge in [-0.15, -0.1) is 0 Å². The van der Waals surface area contributed by atoms with Gasteiger partial charge < -0.3 is 14.7 Å². The number of aryl methyl sites for hydroxylation is 2. The van der Waals surface area contributed by atoms with Crippen molar-refractivity contribution in [3.63, 3.8) is 0 Å². The van der Waals surface area contributed by atoms with E-state index in [2.05, 4.69) is 5.10 Å². The molecule has 0 aliphatic rings. The van der Waals surface area contributed by atoms with Crippen LogP contribution in [0.15, 0.2) is 0 Å². The second-order valence-corrected chi connectivity index (χ2v) is 4.49. The largest absolute Gasteiger partial charge is 0.477 e. The number of aromatic nitrogens is 2. The van der Waals surface area contributed by atoms with Crippen molar-refractivity contribution in [3.05, 3.63) is 11.3 Å². The molecule has 0 spiro atoms. The lowest BCUT2D eigenvalue weighted by Gasteiger charge is -2.29. The molecule has 0 unspecified atom stereocenters. The molecule has 1 aromatic heterocycles. The van der Waals surface area contributed by atoms with E-state index in [1.165, 1.54) is 0 Å². The molecule has 0 aliphatic heterocycles. The summed E-state index contributed by atoms with van der Waals surface area (Å²) in [5.41, 5.74) is 0.797. The topological polar surface area (TPSA) is 67.6 Å². The van der Waals surface area contributed by atoms with Gasteiger partial charge in [-0.1, -0.05) is 0 Å². The predicted octanol–water partition coefficient (Wildman–Crippen LogP) is 1.29. The van der Waals surface area contributed by atoms with E-state index in [4.69, 9.17) is 4.74 Å². The minimum absolute atomic E-state index is 0.174. The molecule has 0 fully saturated rings. The quantitative estimate of drug-likeness (QED) is 0.829. The maximum Gasteiger partial charge on any atom is 0.341 e. The second kappa shape index (κ2) is 5.86. The fourth-order valence-electron chi connectivity index (χ4n) is 2.02. The summed E-state index contributed by atoms with van der Waals surface area (Å²) in [5.74, 6) is -0.314. The summed E-state index contributed by atoms with van der Waals surface area (Å²) in [5, 5.41) is 13.5. The van der Waals surface area contributed by atoms with Gasteiger partial charge >= 0.3 is 5.97 Å². The third-order valence-corrected chi connectivity index (χ3v) is 2.84. The van der Waals surface area contributed by atoms with Crippen LogP contribution in [-0.2, 0) is 11.8 Å². The summed E-state index contributed by atoms with van der Waals surface area (Å²) in [6.07, 6.45) is 0. The number of carboxylic acid groups (broad SMARTS) is 1. The van der Waals surface area contributed by atoms with E-state index < -0.39 is 5.97 Å². The van der Waals surface area contributed by atoms with Crippen LogP contribution in [0.25, 0.3) is 0 Å². The average molecular weight is 255 g/mol. The van der Waals surface area contributed by atoms with Crippen molar-refractivity contribution in [2.45, 2.75) is 26.8 Å². The maximum atomic E-state index is 11.3. The summed E-state index contributed by atoms with van der Waals surface area (Å²) in [7, 11) is 3.39. The Hall–Kier alpha value is -1.56. The predicted molar refractivity (Wildman–Crippen MR) is 69.3 cm³/mol. The van der Waals surface area contributed by atoms with Crippen molar-refractivity contribution in [2.75, 3.05) is 25.2 Å². The molecule has 0 atom stereocenters. The van der Waals surface area contributed by atoms with Crippen LogP contribution < -0.4 is 4.90 Å². The van der Waals surface area contributed by atoms with Gasteiger partial charge in [0, 0.05) is 26.7 Å². The summed E-state index contributed by atoms with van der Waals surface area (Å²) in [4.78, 5) is 13.3. The zero-order valence-electron chi connectivity index (χ0n) is 11.6. The number of carbonyl (C=O) groups is 1. The van der Waals surface area contributed by atoms with Gasteiger partial charge in [0.25, 0.3) is 0 Å². The van der Waals surface area contributed by atoms with Crippen molar-refractivity contribution in [2.24, 2.45) is 7.05 Å². The highest BCUT2D eigenvalue weighted by Crippen LogP contribution is 2.24. The summed E-state index contributed by atoms with van der Waals surface area (Å²) in [6, 6.07) is 0.174. The Kier molecular flexibility index (Phi) is 4.72. The zero-order chi connectivity index (χ0) is 13.9. The molecule has 1 aromatic rings. The van der Waals surface area contributed by atoms with Crippen LogP contribution in [0, 0.1) is 6.92 Å². The number of aromatic carboxylic acids is 1. The third-order valence-electron chi connectivity index (χ3n) is 2.84. The van der Waals surface area contributed by atoms with E-state index >= 15 is 0 Å². The number of hydrogen-bond donors (Lipinski definition) is 1. The highest BCUT2D eigenvalue weighted by molar-refractivity contribution is 5.94. The SMILES string of the molecule is COCCN(c1c(C(=O)O)c(C)nn1C)C(C)C. The first-order valence-corrected chi connectivity index (χ1v) is 5.92. The first-order chi connectivity index (χ1) is 8.40. The molecule has 18 heavy (non-hydrogen) atoms. The Bertz CT molecular complexity index is 426. The first kappa shape index (κ1) is 14.5. The summed E-state index contributed by atoms with van der Waals surface area (Å²) < 4.78 is 6.69. The number of hydrogen-bond acceptors (Lipinski definition) is 4. The Morgan fingerprint density at radius 2 is 2.17 bits per heavy atom. The zero-order valence-corrected chi connectivity index (χ0v) is 11.6. The highest BCUT2D eigenvalue weighted by atomic mass is 16.5. The molecule has 0 saturated heterocycles. The lowest BCUT2D eigenvalue weighted by atomic mass is 10.2. The lowest BCUT2D eigenvalue weighted by Crippen LogP contribution is -2.36. The van der Waals surface area contributed by atoms with Gasteiger partial charge in [-0.25, -0.2) is 4.79 Å². The Balaban J connectivity index is 3.22. The van der Waals surface area contributed by atoms with Crippen LogP contribution >= 0.6 is 0 Å². The van der Waals surface area contributed by atoms with E-state index in [1.54, 1.807) is 25.8 Å². The van der Waals surface area contributed by atoms with Gasteiger partial charge in [-0.2, -0.15) is 5.10 Å². The van der Waals surface area contributed by atoms with E-state index in [0.717, 1.165) is 0 Å². The summed E-state index contributed by atoms with van der Waals surface area (Å²) in [6.45, 7) is 6.92. The highest BCUT2D eigenvalue weighted by Gasteiger charge is 2.25. The van der Waals surface area contributed by atoms with Gasteiger partial charge in [0.05, 0.1) is 12.3 Å². The van der Waals surface area contributed by atoms with Gasteiger partial charge in [0.2, 0.25) is 0 Å². The van der Waals surface area contributed by atoms with Crippen molar-refractivity contribution in [3.8, 4) is 0 Å².